The Kier molecular flexibility index (Phi) is 9.51. The molecule has 2 heterocycles. The van der Waals surface area contributed by atoms with E-state index in [2.05, 4.69) is 20.4 Å². The van der Waals surface area contributed by atoms with Crippen LogP contribution in [0.25, 0.3) is 0 Å². The van der Waals surface area contributed by atoms with Crippen LogP contribution in [-0.2, 0) is 25.7 Å². The van der Waals surface area contributed by atoms with Crippen LogP contribution in [0, 0.1) is 5.82 Å². The van der Waals surface area contributed by atoms with Gasteiger partial charge in [0.15, 0.2) is 0 Å². The molecule has 2 saturated heterocycles. The molecule has 1 aliphatic carbocycles. The van der Waals surface area contributed by atoms with Crippen molar-refractivity contribution in [3.05, 3.63) is 90.2 Å². The number of nitrogens with one attached hydrogen (secondary N) is 2. The molecule has 44 heavy (non-hydrogen) atoms. The van der Waals surface area contributed by atoms with Gasteiger partial charge in [0.2, 0.25) is 5.91 Å². The molecule has 6 rings (SSSR count). The number of nitrogens with zero attached hydrogens (tertiary/aromatic N) is 2. The fourth-order valence-electron chi connectivity index (χ4n) is 6.00. The van der Waals surface area contributed by atoms with E-state index in [4.69, 9.17) is 14.2 Å². The molecule has 0 bridgehead atoms. The van der Waals surface area contributed by atoms with Gasteiger partial charge in [-0.25, -0.2) is 4.39 Å². The lowest BCUT2D eigenvalue weighted by Crippen LogP contribution is -2.54. The number of hydrogen-bond donors (Lipinski definition) is 2. The van der Waals surface area contributed by atoms with Crippen LogP contribution in [0.15, 0.2) is 78.9 Å². The first kappa shape index (κ1) is 30.2. The molecule has 0 radical (unpaired) electrons. The van der Waals surface area contributed by atoms with Crippen LogP contribution in [0.3, 0.4) is 0 Å². The molecular weight excluding hydrogens is 563 g/mol. The molecular formula is C34H39FN4O5. The van der Waals surface area contributed by atoms with Crippen molar-refractivity contribution in [1.82, 2.24) is 15.1 Å². The van der Waals surface area contributed by atoms with Gasteiger partial charge in [-0.1, -0.05) is 30.3 Å². The van der Waals surface area contributed by atoms with Gasteiger partial charge in [-0.3, -0.25) is 19.4 Å². The molecule has 2 atom stereocenters. The Balaban J connectivity index is 1.06. The van der Waals surface area contributed by atoms with E-state index in [1.807, 2.05) is 30.3 Å². The molecule has 2 N–H and O–H groups in total. The SMILES string of the molecule is O=C(CN1CCC(N2CCOCC2)CC1)NC1(C(=O)Nc2ccc(Oc3ccc(F)cc3)cc2)C[C@@H]1OCc1ccccc1. The number of halogens is 1. The first-order valence-corrected chi connectivity index (χ1v) is 15.3. The maximum Gasteiger partial charge on any atom is 0.252 e. The number of carbonyl (C=O) groups is 2. The first-order chi connectivity index (χ1) is 21.5. The van der Waals surface area contributed by atoms with Gasteiger partial charge >= 0.3 is 0 Å². The minimum Gasteiger partial charge on any atom is -0.457 e. The van der Waals surface area contributed by atoms with Crippen LogP contribution in [0.2, 0.25) is 0 Å². The second-order valence-electron chi connectivity index (χ2n) is 11.7. The van der Waals surface area contributed by atoms with Crippen molar-refractivity contribution in [2.75, 3.05) is 51.3 Å². The summed E-state index contributed by atoms with van der Waals surface area (Å²) in [6.45, 7) is 5.78. The van der Waals surface area contributed by atoms with Gasteiger partial charge in [0.1, 0.15) is 22.9 Å². The van der Waals surface area contributed by atoms with Crippen molar-refractivity contribution in [1.29, 1.82) is 0 Å². The average molecular weight is 603 g/mol. The zero-order chi connectivity index (χ0) is 30.4. The zero-order valence-corrected chi connectivity index (χ0v) is 24.8. The Morgan fingerprint density at radius 1 is 0.886 bits per heavy atom. The van der Waals surface area contributed by atoms with Crippen molar-refractivity contribution < 1.29 is 28.2 Å². The highest BCUT2D eigenvalue weighted by atomic mass is 19.1. The molecule has 3 aromatic carbocycles. The Morgan fingerprint density at radius 3 is 2.23 bits per heavy atom. The number of morpholine rings is 1. The Hall–Kier alpha value is -3.83. The topological polar surface area (TPSA) is 92.4 Å². The molecule has 2 amide bonds. The predicted octanol–water partition coefficient (Wildman–Crippen LogP) is 4.20. The largest absolute Gasteiger partial charge is 0.457 e. The second kappa shape index (κ2) is 13.9. The number of rotatable bonds is 11. The number of hydrogen-bond acceptors (Lipinski definition) is 7. The highest BCUT2D eigenvalue weighted by Crippen LogP contribution is 2.41. The summed E-state index contributed by atoms with van der Waals surface area (Å²) >= 11 is 0. The van der Waals surface area contributed by atoms with E-state index < -0.39 is 11.6 Å². The summed E-state index contributed by atoms with van der Waals surface area (Å²) in [5, 5.41) is 6.00. The molecule has 2 aliphatic heterocycles. The van der Waals surface area contributed by atoms with E-state index in [0.29, 0.717) is 36.3 Å². The minimum atomic E-state index is -1.15. The number of benzene rings is 3. The standard InChI is InChI=1S/C34H39FN4O5/c35-26-6-10-29(11-7-26)44-30-12-8-27(9-13-30)36-33(41)34(22-31(34)43-24-25-4-2-1-3-5-25)37-32(40)23-38-16-14-28(15-17-38)39-18-20-42-21-19-39/h1-13,28,31H,14-24H2,(H,36,41)(H,37,40)/t31-,34?/m0/s1. The van der Waals surface area contributed by atoms with Crippen molar-refractivity contribution in [3.63, 3.8) is 0 Å². The monoisotopic (exact) mass is 602 g/mol. The van der Waals surface area contributed by atoms with Crippen LogP contribution in [0.1, 0.15) is 24.8 Å². The number of carbonyl (C=O) groups excluding carboxylic acids is 2. The van der Waals surface area contributed by atoms with E-state index in [9.17, 15) is 14.0 Å². The minimum absolute atomic E-state index is 0.182. The molecule has 1 unspecified atom stereocenters. The van der Waals surface area contributed by atoms with Gasteiger partial charge in [-0.05, 0) is 66.9 Å². The van der Waals surface area contributed by atoms with E-state index >= 15 is 0 Å². The lowest BCUT2D eigenvalue weighted by Gasteiger charge is -2.40. The molecule has 0 aromatic heterocycles. The van der Waals surface area contributed by atoms with Crippen molar-refractivity contribution >= 4 is 17.5 Å². The molecule has 10 heteroatoms. The van der Waals surface area contributed by atoms with Crippen molar-refractivity contribution in [3.8, 4) is 11.5 Å². The number of likely N-dealkylation sites (tertiary alicyclic amines) is 1. The van der Waals surface area contributed by atoms with Crippen LogP contribution in [-0.4, -0.2) is 85.2 Å². The summed E-state index contributed by atoms with van der Waals surface area (Å²) in [6, 6.07) is 23.0. The van der Waals surface area contributed by atoms with Gasteiger partial charge < -0.3 is 24.8 Å². The van der Waals surface area contributed by atoms with Gasteiger partial charge in [0.05, 0.1) is 32.5 Å². The lowest BCUT2D eigenvalue weighted by atomic mass is 10.0. The van der Waals surface area contributed by atoms with Gasteiger partial charge in [0.25, 0.3) is 5.91 Å². The maximum atomic E-state index is 13.7. The number of ether oxygens (including phenoxy) is 3. The third kappa shape index (κ3) is 7.62. The van der Waals surface area contributed by atoms with Gasteiger partial charge in [-0.2, -0.15) is 0 Å². The smallest absolute Gasteiger partial charge is 0.252 e. The maximum absolute atomic E-state index is 13.7. The molecule has 3 aliphatic rings. The number of piperidine rings is 1. The third-order valence-corrected chi connectivity index (χ3v) is 8.61. The third-order valence-electron chi connectivity index (χ3n) is 8.61. The quantitative estimate of drug-likeness (QED) is 0.340. The fraction of sp³-hybridized carbons (Fsp3) is 0.412. The molecule has 3 fully saturated rings. The molecule has 0 spiro atoms. The van der Waals surface area contributed by atoms with Gasteiger partial charge in [0, 0.05) is 44.3 Å². The fourth-order valence-corrected chi connectivity index (χ4v) is 6.00. The van der Waals surface area contributed by atoms with E-state index in [-0.39, 0.29) is 24.2 Å². The summed E-state index contributed by atoms with van der Waals surface area (Å²) in [6.07, 6.45) is 1.98. The van der Waals surface area contributed by atoms with E-state index in [1.165, 1.54) is 12.1 Å². The zero-order valence-electron chi connectivity index (χ0n) is 24.8. The average Bonchev–Trinajstić information content (AvgIpc) is 3.76. The highest BCUT2D eigenvalue weighted by molar-refractivity contribution is 6.04. The predicted molar refractivity (Wildman–Crippen MR) is 164 cm³/mol. The summed E-state index contributed by atoms with van der Waals surface area (Å²) in [5.41, 5.74) is 0.412. The molecule has 1 saturated carbocycles. The summed E-state index contributed by atoms with van der Waals surface area (Å²) in [7, 11) is 0. The molecule has 232 valence electrons. The lowest BCUT2D eigenvalue weighted by molar-refractivity contribution is -0.129. The Morgan fingerprint density at radius 2 is 1.55 bits per heavy atom. The second-order valence-corrected chi connectivity index (χ2v) is 11.7. The Labute approximate surface area is 257 Å². The van der Waals surface area contributed by atoms with E-state index in [0.717, 1.165) is 57.8 Å². The van der Waals surface area contributed by atoms with Gasteiger partial charge in [-0.15, -0.1) is 0 Å². The van der Waals surface area contributed by atoms with Crippen LogP contribution in [0.4, 0.5) is 10.1 Å². The molecule has 9 nitrogen and oxygen atoms in total. The molecule has 3 aromatic rings. The highest BCUT2D eigenvalue weighted by Gasteiger charge is 2.62. The Bertz CT molecular complexity index is 1390. The van der Waals surface area contributed by atoms with Crippen molar-refractivity contribution in [2.45, 2.75) is 43.6 Å². The van der Waals surface area contributed by atoms with Crippen molar-refractivity contribution in [2.24, 2.45) is 0 Å². The number of anilines is 1. The van der Waals surface area contributed by atoms with E-state index in [1.54, 1.807) is 36.4 Å². The summed E-state index contributed by atoms with van der Waals surface area (Å²) < 4.78 is 30.6. The van der Waals surface area contributed by atoms with Crippen LogP contribution >= 0.6 is 0 Å². The first-order valence-electron chi connectivity index (χ1n) is 15.3. The normalized spacial score (nSPS) is 22.7. The number of amides is 2. The summed E-state index contributed by atoms with van der Waals surface area (Å²) in [5.74, 6) is 0.217. The van der Waals surface area contributed by atoms with Crippen LogP contribution < -0.4 is 15.4 Å². The summed E-state index contributed by atoms with van der Waals surface area (Å²) in [4.78, 5) is 31.6. The van der Waals surface area contributed by atoms with Crippen LogP contribution in [0.5, 0.6) is 11.5 Å².